The molecule has 0 unspecified atom stereocenters. The minimum absolute atomic E-state index is 0.206. The molecule has 0 bridgehead atoms. The summed E-state index contributed by atoms with van der Waals surface area (Å²) in [5.41, 5.74) is 1.22. The molecule has 0 radical (unpaired) electrons. The van der Waals surface area contributed by atoms with E-state index in [1.165, 1.54) is 12.4 Å². The number of aromatic nitrogens is 3. The minimum atomic E-state index is -0.206. The summed E-state index contributed by atoms with van der Waals surface area (Å²) in [5, 5.41) is 0.265. The number of pyridine rings is 1. The predicted molar refractivity (Wildman–Crippen MR) is 67.1 cm³/mol. The molecule has 0 fully saturated rings. The van der Waals surface area contributed by atoms with E-state index in [2.05, 4.69) is 15.0 Å². The molecule has 2 aromatic heterocycles. The summed E-state index contributed by atoms with van der Waals surface area (Å²) in [5.74, 6) is -0.206. The van der Waals surface area contributed by atoms with Crippen LogP contribution in [-0.2, 0) is 6.54 Å². The molecule has 0 atom stereocenters. The normalized spacial score (nSPS) is 10.1. The van der Waals surface area contributed by atoms with Gasteiger partial charge in [-0.25, -0.2) is 9.97 Å². The molecule has 0 saturated heterocycles. The molecule has 0 aromatic carbocycles. The van der Waals surface area contributed by atoms with E-state index in [9.17, 15) is 4.79 Å². The Morgan fingerprint density at radius 3 is 2.78 bits per heavy atom. The molecule has 2 heterocycles. The quantitative estimate of drug-likeness (QED) is 0.846. The van der Waals surface area contributed by atoms with Gasteiger partial charge in [0.2, 0.25) is 0 Å². The van der Waals surface area contributed by atoms with Gasteiger partial charge in [-0.15, -0.1) is 0 Å². The van der Waals surface area contributed by atoms with Gasteiger partial charge in [0, 0.05) is 26.0 Å². The van der Waals surface area contributed by atoms with Crippen LogP contribution in [0.25, 0.3) is 0 Å². The second kappa shape index (κ2) is 5.55. The van der Waals surface area contributed by atoms with Crippen molar-refractivity contribution in [3.63, 3.8) is 0 Å². The van der Waals surface area contributed by atoms with Crippen LogP contribution < -0.4 is 0 Å². The van der Waals surface area contributed by atoms with E-state index >= 15 is 0 Å². The Hall–Kier alpha value is -2.01. The summed E-state index contributed by atoms with van der Waals surface area (Å²) in [6.45, 7) is 0.469. The van der Waals surface area contributed by atoms with Crippen molar-refractivity contribution in [3.8, 4) is 0 Å². The lowest BCUT2D eigenvalue weighted by molar-refractivity contribution is 0.0778. The van der Waals surface area contributed by atoms with Crippen LogP contribution in [0.2, 0.25) is 5.15 Å². The average molecular weight is 263 g/mol. The van der Waals surface area contributed by atoms with Crippen molar-refractivity contribution in [3.05, 3.63) is 53.3 Å². The van der Waals surface area contributed by atoms with Crippen LogP contribution in [0.4, 0.5) is 0 Å². The summed E-state index contributed by atoms with van der Waals surface area (Å²) in [4.78, 5) is 25.3. The zero-order valence-electron chi connectivity index (χ0n) is 9.75. The van der Waals surface area contributed by atoms with E-state index in [4.69, 9.17) is 11.6 Å². The Morgan fingerprint density at radius 1 is 1.33 bits per heavy atom. The fraction of sp³-hybridized carbons (Fsp3) is 0.167. The van der Waals surface area contributed by atoms with Gasteiger partial charge in [0.05, 0.1) is 12.4 Å². The van der Waals surface area contributed by atoms with Crippen LogP contribution in [0.3, 0.4) is 0 Å². The molecule has 1 amide bonds. The number of hydrogen-bond donors (Lipinski definition) is 0. The Balaban J connectivity index is 2.07. The summed E-state index contributed by atoms with van der Waals surface area (Å²) in [6, 6.07) is 3.74. The van der Waals surface area contributed by atoms with Crippen molar-refractivity contribution in [1.82, 2.24) is 19.9 Å². The largest absolute Gasteiger partial charge is 0.336 e. The van der Waals surface area contributed by atoms with E-state index in [1.54, 1.807) is 24.3 Å². The van der Waals surface area contributed by atoms with Crippen molar-refractivity contribution < 1.29 is 4.79 Å². The van der Waals surface area contributed by atoms with Crippen molar-refractivity contribution in [1.29, 1.82) is 0 Å². The zero-order valence-corrected chi connectivity index (χ0v) is 10.5. The van der Waals surface area contributed by atoms with Gasteiger partial charge < -0.3 is 4.90 Å². The molecule has 18 heavy (non-hydrogen) atoms. The topological polar surface area (TPSA) is 59.0 Å². The first-order chi connectivity index (χ1) is 8.66. The number of rotatable bonds is 3. The van der Waals surface area contributed by atoms with E-state index in [0.717, 1.165) is 5.56 Å². The average Bonchev–Trinajstić information content (AvgIpc) is 2.40. The molecular weight excluding hydrogens is 252 g/mol. The molecule has 0 aliphatic carbocycles. The van der Waals surface area contributed by atoms with Gasteiger partial charge in [0.25, 0.3) is 5.91 Å². The smallest absolute Gasteiger partial charge is 0.274 e. The first-order valence-electron chi connectivity index (χ1n) is 5.29. The minimum Gasteiger partial charge on any atom is -0.336 e. The monoisotopic (exact) mass is 262 g/mol. The Bertz CT molecular complexity index is 530. The van der Waals surface area contributed by atoms with Crippen molar-refractivity contribution in [2.45, 2.75) is 6.54 Å². The first-order valence-corrected chi connectivity index (χ1v) is 5.66. The number of carbonyl (C=O) groups is 1. The Kier molecular flexibility index (Phi) is 3.84. The first kappa shape index (κ1) is 12.4. The van der Waals surface area contributed by atoms with Crippen LogP contribution in [-0.4, -0.2) is 32.8 Å². The lowest BCUT2D eigenvalue weighted by Gasteiger charge is -2.16. The maximum atomic E-state index is 12.0. The maximum Gasteiger partial charge on any atom is 0.274 e. The van der Waals surface area contributed by atoms with Crippen molar-refractivity contribution in [2.24, 2.45) is 0 Å². The number of nitrogens with zero attached hydrogens (tertiary/aromatic N) is 4. The molecule has 2 aromatic rings. The molecule has 2 rings (SSSR count). The molecule has 92 valence electrons. The van der Waals surface area contributed by atoms with Crippen LogP contribution in [0.15, 0.2) is 36.9 Å². The second-order valence-electron chi connectivity index (χ2n) is 3.75. The highest BCUT2D eigenvalue weighted by molar-refractivity contribution is 6.29. The molecule has 0 saturated carbocycles. The molecule has 0 aliphatic rings. The lowest BCUT2D eigenvalue weighted by Crippen LogP contribution is -2.27. The van der Waals surface area contributed by atoms with Crippen LogP contribution in [0, 0.1) is 0 Å². The third-order valence-corrected chi connectivity index (χ3v) is 2.52. The van der Waals surface area contributed by atoms with Crippen LogP contribution >= 0.6 is 11.6 Å². The molecule has 6 heteroatoms. The van der Waals surface area contributed by atoms with Crippen molar-refractivity contribution >= 4 is 17.5 Å². The highest BCUT2D eigenvalue weighted by Crippen LogP contribution is 2.06. The van der Waals surface area contributed by atoms with Gasteiger partial charge in [-0.05, 0) is 11.6 Å². The lowest BCUT2D eigenvalue weighted by atomic mass is 10.2. The Morgan fingerprint density at radius 2 is 2.17 bits per heavy atom. The standard InChI is InChI=1S/C12H11ClN4O/c1-17(8-9-3-2-4-14-5-9)12(18)10-6-16-11(13)7-15-10/h2-7H,8H2,1H3. The number of hydrogen-bond acceptors (Lipinski definition) is 4. The van der Waals surface area contributed by atoms with E-state index in [0.29, 0.717) is 6.54 Å². The Labute approximate surface area is 109 Å². The van der Waals surface area contributed by atoms with Gasteiger partial charge >= 0.3 is 0 Å². The number of halogens is 1. The van der Waals surface area contributed by atoms with Gasteiger partial charge in [-0.2, -0.15) is 0 Å². The summed E-state index contributed by atoms with van der Waals surface area (Å²) in [7, 11) is 1.70. The summed E-state index contributed by atoms with van der Waals surface area (Å²) in [6.07, 6.45) is 6.13. The fourth-order valence-corrected chi connectivity index (χ4v) is 1.55. The second-order valence-corrected chi connectivity index (χ2v) is 4.13. The van der Waals surface area contributed by atoms with E-state index < -0.39 is 0 Å². The molecule has 5 nitrogen and oxygen atoms in total. The molecular formula is C12H11ClN4O. The van der Waals surface area contributed by atoms with Gasteiger partial charge in [-0.3, -0.25) is 9.78 Å². The third kappa shape index (κ3) is 3.01. The molecule has 0 N–H and O–H groups in total. The highest BCUT2D eigenvalue weighted by Gasteiger charge is 2.13. The van der Waals surface area contributed by atoms with E-state index in [1.807, 2.05) is 12.1 Å². The van der Waals surface area contributed by atoms with Gasteiger partial charge in [0.1, 0.15) is 10.8 Å². The van der Waals surface area contributed by atoms with Crippen LogP contribution in [0.1, 0.15) is 16.1 Å². The van der Waals surface area contributed by atoms with Crippen LogP contribution in [0.5, 0.6) is 0 Å². The predicted octanol–water partition coefficient (Wildman–Crippen LogP) is 1.80. The highest BCUT2D eigenvalue weighted by atomic mass is 35.5. The van der Waals surface area contributed by atoms with Crippen molar-refractivity contribution in [2.75, 3.05) is 7.05 Å². The third-order valence-electron chi connectivity index (χ3n) is 2.33. The summed E-state index contributed by atoms with van der Waals surface area (Å²) >= 11 is 5.62. The summed E-state index contributed by atoms with van der Waals surface area (Å²) < 4.78 is 0. The maximum absolute atomic E-state index is 12.0. The molecule has 0 aliphatic heterocycles. The van der Waals surface area contributed by atoms with Gasteiger partial charge in [0.15, 0.2) is 0 Å². The van der Waals surface area contributed by atoms with E-state index in [-0.39, 0.29) is 16.8 Å². The number of amides is 1. The number of carbonyl (C=O) groups excluding carboxylic acids is 1. The molecule has 0 spiro atoms. The zero-order chi connectivity index (χ0) is 13.0. The SMILES string of the molecule is CN(Cc1cccnc1)C(=O)c1cnc(Cl)cn1. The fourth-order valence-electron chi connectivity index (χ4n) is 1.46. The van der Waals surface area contributed by atoms with Gasteiger partial charge in [-0.1, -0.05) is 17.7 Å².